The SMILES string of the molecule is [B][P@@]1(=O)OCC23COC(C(n4cnc5c(N)ncnc54)O2)C3OP(O)(=S)OCC2OC(n3cnc4c(=O)[nH]c(N)nc43)C(O1)C2O. The number of ether oxygens (including phenoxy) is 3. The monoisotopic (exact) mass is 696 g/mol. The highest BCUT2D eigenvalue weighted by Gasteiger charge is 2.65. The van der Waals surface area contributed by atoms with Gasteiger partial charge in [-0.2, -0.15) is 4.98 Å². The molecule has 4 aliphatic heterocycles. The predicted molar refractivity (Wildman–Crippen MR) is 156 cm³/mol. The lowest BCUT2D eigenvalue weighted by Crippen LogP contribution is -2.45. The van der Waals surface area contributed by atoms with Crippen molar-refractivity contribution in [1.29, 1.82) is 0 Å². The van der Waals surface area contributed by atoms with Crippen LogP contribution >= 0.6 is 14.2 Å². The molecule has 8 heterocycles. The lowest BCUT2D eigenvalue weighted by Gasteiger charge is -2.33. The number of rotatable bonds is 2. The molecule has 4 aliphatic rings. The summed E-state index contributed by atoms with van der Waals surface area (Å²) >= 11 is 5.33. The smallest absolute Gasteiger partial charge is 0.325 e. The van der Waals surface area contributed by atoms with Crippen molar-refractivity contribution >= 4 is 67.7 Å². The van der Waals surface area contributed by atoms with Crippen molar-refractivity contribution in [3.63, 3.8) is 0 Å². The lowest BCUT2D eigenvalue weighted by atomic mass is 10.0. The first-order chi connectivity index (χ1) is 21.8. The van der Waals surface area contributed by atoms with E-state index in [1.165, 1.54) is 28.1 Å². The van der Waals surface area contributed by atoms with E-state index in [0.717, 1.165) is 0 Å². The summed E-state index contributed by atoms with van der Waals surface area (Å²) in [6.07, 6.45) is -4.78. The van der Waals surface area contributed by atoms with Crippen molar-refractivity contribution in [2.45, 2.75) is 48.6 Å². The van der Waals surface area contributed by atoms with Gasteiger partial charge in [0.05, 0.1) is 32.5 Å². The number of aromatic amines is 1. The molecule has 0 aromatic carbocycles. The number of nitrogens with one attached hydrogen (secondary N) is 1. The molecule has 8 rings (SSSR count). The number of hydrogen-bond acceptors (Lipinski definition) is 18. The number of nitrogens with zero attached hydrogens (tertiary/aromatic N) is 7. The van der Waals surface area contributed by atoms with Crippen molar-refractivity contribution < 1.29 is 46.9 Å². The average Bonchev–Trinajstić information content (AvgIpc) is 3.80. The van der Waals surface area contributed by atoms with Crippen LogP contribution in [0.15, 0.2) is 23.8 Å². The quantitative estimate of drug-likeness (QED) is 0.116. The van der Waals surface area contributed by atoms with E-state index in [-0.39, 0.29) is 29.5 Å². The Labute approximate surface area is 262 Å². The minimum absolute atomic E-state index is 0.0292. The highest BCUT2D eigenvalue weighted by Crippen LogP contribution is 2.58. The molecular weight excluding hydrogens is 673 g/mol. The van der Waals surface area contributed by atoms with Gasteiger partial charge >= 0.3 is 6.72 Å². The van der Waals surface area contributed by atoms with Crippen molar-refractivity contribution in [1.82, 2.24) is 39.0 Å². The Kier molecular flexibility index (Phi) is 6.97. The van der Waals surface area contributed by atoms with E-state index >= 15 is 0 Å². The molecule has 4 fully saturated rings. The molecule has 4 saturated heterocycles. The molecule has 0 amide bonds. The van der Waals surface area contributed by atoms with Crippen LogP contribution in [0.25, 0.3) is 22.3 Å². The van der Waals surface area contributed by atoms with Gasteiger partial charge in [0.25, 0.3) is 13.0 Å². The Balaban J connectivity index is 1.14. The van der Waals surface area contributed by atoms with Crippen molar-refractivity contribution in [2.75, 3.05) is 31.3 Å². The lowest BCUT2D eigenvalue weighted by molar-refractivity contribution is -0.183. The van der Waals surface area contributed by atoms with Crippen LogP contribution in [0.3, 0.4) is 0 Å². The molecular formula is C21H23BN10O11P2S. The van der Waals surface area contributed by atoms with Gasteiger partial charge in [-0.15, -0.1) is 0 Å². The molecule has 2 radical (unpaired) electrons. The fraction of sp³-hybridized carbons (Fsp3) is 0.524. The Morgan fingerprint density at radius 1 is 1.04 bits per heavy atom. The zero-order valence-electron chi connectivity index (χ0n) is 23.1. The third-order valence-corrected chi connectivity index (χ3v) is 10.6. The molecule has 4 bridgehead atoms. The second-order valence-corrected chi connectivity index (χ2v) is 15.3. The van der Waals surface area contributed by atoms with Crippen LogP contribution in [0.4, 0.5) is 11.8 Å². The Morgan fingerprint density at radius 3 is 2.61 bits per heavy atom. The van der Waals surface area contributed by atoms with Crippen molar-refractivity contribution in [3.05, 3.63) is 29.3 Å². The van der Waals surface area contributed by atoms with E-state index in [4.69, 9.17) is 63.1 Å². The van der Waals surface area contributed by atoms with Gasteiger partial charge in [-0.25, -0.2) is 19.9 Å². The summed E-state index contributed by atoms with van der Waals surface area (Å²) in [5, 5.41) is 11.2. The second kappa shape index (κ2) is 10.5. The topological polar surface area (TPSA) is 281 Å². The molecule has 0 spiro atoms. The van der Waals surface area contributed by atoms with Crippen molar-refractivity contribution in [2.24, 2.45) is 0 Å². The third kappa shape index (κ3) is 4.82. The summed E-state index contributed by atoms with van der Waals surface area (Å²) < 4.78 is 57.7. The minimum atomic E-state index is -4.55. The third-order valence-electron chi connectivity index (χ3n) is 8.08. The minimum Gasteiger partial charge on any atom is -0.387 e. The number of aromatic nitrogens is 8. The van der Waals surface area contributed by atoms with E-state index in [1.807, 2.05) is 0 Å². The van der Waals surface area contributed by atoms with Gasteiger partial charge in [-0.1, -0.05) is 0 Å². The van der Waals surface area contributed by atoms with Gasteiger partial charge < -0.3 is 49.2 Å². The maximum atomic E-state index is 13.7. The van der Waals surface area contributed by atoms with Gasteiger partial charge in [0.2, 0.25) is 13.5 Å². The van der Waals surface area contributed by atoms with Crippen LogP contribution in [-0.2, 0) is 48.7 Å². The molecule has 0 saturated carbocycles. The number of fused-ring (bicyclic) bond motifs is 4. The number of aliphatic hydroxyl groups is 1. The first kappa shape index (κ1) is 30.4. The van der Waals surface area contributed by atoms with Crippen LogP contribution in [-0.4, -0.2) is 113 Å². The molecule has 4 aromatic heterocycles. The first-order valence-corrected chi connectivity index (χ1v) is 17.7. The molecule has 242 valence electrons. The Bertz CT molecular complexity index is 2030. The maximum absolute atomic E-state index is 13.7. The van der Waals surface area contributed by atoms with Gasteiger partial charge in [0, 0.05) is 0 Å². The number of imidazole rings is 2. The number of H-pyrrole nitrogens is 1. The second-order valence-electron chi connectivity index (χ2n) is 10.9. The Hall–Kier alpha value is -2.92. The highest BCUT2D eigenvalue weighted by molar-refractivity contribution is 8.07. The standard InChI is InChI=1S/C21H23BN10O11P2S/c22-44(35)39-3-21-2-37-12(19(41-21)31-5-27-8-14(23)25-4-26-15(8)31)13(21)43-45(36,46)38-1-7-10(33)11(42-44)18(40-7)32-6-28-9-16(32)29-20(24)30-17(9)34/h4-7,10-13,18-19,33H,1-3H2,(H,36,46)(H2,23,25,26)(H3,24,29,30,34)/t7?,10?,11?,12?,13?,18?,19?,21?,44-,45?/m1/s1. The summed E-state index contributed by atoms with van der Waals surface area (Å²) in [4.78, 5) is 46.5. The van der Waals surface area contributed by atoms with Gasteiger partial charge in [-0.3, -0.25) is 28.0 Å². The molecule has 7 N–H and O–H groups in total. The van der Waals surface area contributed by atoms with Crippen LogP contribution in [0.1, 0.15) is 12.5 Å². The zero-order valence-corrected chi connectivity index (χ0v) is 25.7. The number of nitrogens with two attached hydrogens (primary N) is 2. The van der Waals surface area contributed by atoms with Crippen LogP contribution in [0, 0.1) is 0 Å². The Morgan fingerprint density at radius 2 is 1.80 bits per heavy atom. The molecule has 10 atom stereocenters. The molecule has 9 unspecified atom stereocenters. The van der Waals surface area contributed by atoms with Gasteiger partial charge in [0.15, 0.2) is 35.1 Å². The van der Waals surface area contributed by atoms with Crippen LogP contribution < -0.4 is 17.0 Å². The molecule has 46 heavy (non-hydrogen) atoms. The highest BCUT2D eigenvalue weighted by atomic mass is 32.5. The average molecular weight is 696 g/mol. The summed E-state index contributed by atoms with van der Waals surface area (Å²) in [6, 6.07) is 0. The zero-order chi connectivity index (χ0) is 32.2. The normalized spacial score (nSPS) is 39.7. The van der Waals surface area contributed by atoms with E-state index in [1.54, 1.807) is 0 Å². The summed E-state index contributed by atoms with van der Waals surface area (Å²) in [5.41, 5.74) is 10.0. The summed E-state index contributed by atoms with van der Waals surface area (Å²) in [7, 11) is 1.50. The molecule has 0 aliphatic carbocycles. The molecule has 4 aromatic rings. The first-order valence-electron chi connectivity index (χ1n) is 13.5. The summed E-state index contributed by atoms with van der Waals surface area (Å²) in [6.45, 7) is -5.33. The maximum Gasteiger partial charge on any atom is 0.325 e. The number of hydrogen-bond donors (Lipinski definition) is 5. The van der Waals surface area contributed by atoms with Crippen LogP contribution in [0.2, 0.25) is 0 Å². The number of aliphatic hydroxyl groups excluding tert-OH is 1. The molecule has 25 heteroatoms. The van der Waals surface area contributed by atoms with E-state index < -0.39 is 81.5 Å². The number of anilines is 2. The largest absolute Gasteiger partial charge is 0.387 e. The van der Waals surface area contributed by atoms with E-state index in [2.05, 4.69) is 29.9 Å². The predicted octanol–water partition coefficient (Wildman–Crippen LogP) is -1.64. The van der Waals surface area contributed by atoms with E-state index in [9.17, 15) is 19.4 Å². The fourth-order valence-electron chi connectivity index (χ4n) is 6.00. The molecule has 21 nitrogen and oxygen atoms in total. The van der Waals surface area contributed by atoms with Crippen molar-refractivity contribution in [3.8, 4) is 0 Å². The van der Waals surface area contributed by atoms with Crippen LogP contribution in [0.5, 0.6) is 0 Å². The summed E-state index contributed by atoms with van der Waals surface area (Å²) in [5.74, 6) is -0.0794. The van der Waals surface area contributed by atoms with E-state index in [0.29, 0.717) is 11.2 Å². The number of nitrogen functional groups attached to an aromatic ring is 2. The van der Waals surface area contributed by atoms with Gasteiger partial charge in [0.1, 0.15) is 48.0 Å². The van der Waals surface area contributed by atoms with Gasteiger partial charge in [-0.05, 0) is 11.8 Å². The fourth-order valence-corrected chi connectivity index (χ4v) is 8.48.